The third-order valence-electron chi connectivity index (χ3n) is 4.29. The van der Waals surface area contributed by atoms with Gasteiger partial charge in [0.1, 0.15) is 6.04 Å². The molecule has 0 radical (unpaired) electrons. The molecule has 1 atom stereocenters. The molecule has 0 bridgehead atoms. The molecule has 3 rings (SSSR count). The molecule has 0 aromatic heterocycles. The fourth-order valence-corrected chi connectivity index (χ4v) is 2.95. The molecule has 1 fully saturated rings. The summed E-state index contributed by atoms with van der Waals surface area (Å²) in [4.78, 5) is 26.3. The SMILES string of the molecule is Cl.Nc1ccccc1CCC(=O)NC1CCN(c2ccccc2)C1=O. The van der Waals surface area contributed by atoms with Gasteiger partial charge in [0.15, 0.2) is 0 Å². The Labute approximate surface area is 153 Å². The first-order chi connectivity index (χ1) is 11.6. The first kappa shape index (κ1) is 18.8. The number of nitrogens with one attached hydrogen (secondary N) is 1. The molecule has 0 spiro atoms. The molecule has 25 heavy (non-hydrogen) atoms. The molecule has 1 heterocycles. The van der Waals surface area contributed by atoms with Gasteiger partial charge in [-0.25, -0.2) is 0 Å². The lowest BCUT2D eigenvalue weighted by molar-refractivity contribution is -0.126. The van der Waals surface area contributed by atoms with E-state index in [-0.39, 0.29) is 24.2 Å². The molecule has 3 N–H and O–H groups in total. The summed E-state index contributed by atoms with van der Waals surface area (Å²) in [6.07, 6.45) is 1.53. The number of halogens is 1. The minimum atomic E-state index is -0.439. The molecule has 2 amide bonds. The fraction of sp³-hybridized carbons (Fsp3) is 0.263. The van der Waals surface area contributed by atoms with E-state index in [1.54, 1.807) is 4.90 Å². The topological polar surface area (TPSA) is 75.4 Å². The van der Waals surface area contributed by atoms with Crippen molar-refractivity contribution in [3.8, 4) is 0 Å². The van der Waals surface area contributed by atoms with Gasteiger partial charge in [-0.1, -0.05) is 36.4 Å². The number of carbonyl (C=O) groups is 2. The van der Waals surface area contributed by atoms with Crippen molar-refractivity contribution >= 4 is 35.6 Å². The van der Waals surface area contributed by atoms with Gasteiger partial charge in [-0.3, -0.25) is 9.59 Å². The van der Waals surface area contributed by atoms with Crippen molar-refractivity contribution in [3.05, 3.63) is 60.2 Å². The highest BCUT2D eigenvalue weighted by Crippen LogP contribution is 2.21. The minimum absolute atomic E-state index is 0. The number of aryl methyl sites for hydroxylation is 1. The van der Waals surface area contributed by atoms with Gasteiger partial charge < -0.3 is 16.0 Å². The summed E-state index contributed by atoms with van der Waals surface area (Å²) in [5.74, 6) is -0.166. The van der Waals surface area contributed by atoms with Crippen molar-refractivity contribution in [2.45, 2.75) is 25.3 Å². The Kier molecular flexibility index (Phi) is 6.42. The van der Waals surface area contributed by atoms with E-state index in [4.69, 9.17) is 5.73 Å². The van der Waals surface area contributed by atoms with Gasteiger partial charge in [0, 0.05) is 24.3 Å². The third-order valence-corrected chi connectivity index (χ3v) is 4.29. The molecule has 0 saturated carbocycles. The Bertz CT molecular complexity index is 736. The molecule has 1 aliphatic rings. The van der Waals surface area contributed by atoms with E-state index in [9.17, 15) is 9.59 Å². The second-order valence-electron chi connectivity index (χ2n) is 5.93. The van der Waals surface area contributed by atoms with E-state index in [0.717, 1.165) is 11.3 Å². The number of para-hydroxylation sites is 2. The first-order valence-corrected chi connectivity index (χ1v) is 8.14. The van der Waals surface area contributed by atoms with Crippen LogP contribution in [-0.2, 0) is 16.0 Å². The number of rotatable bonds is 5. The van der Waals surface area contributed by atoms with Crippen LogP contribution in [0.5, 0.6) is 0 Å². The monoisotopic (exact) mass is 359 g/mol. The van der Waals surface area contributed by atoms with Gasteiger partial charge >= 0.3 is 0 Å². The van der Waals surface area contributed by atoms with Crippen LogP contribution in [0.2, 0.25) is 0 Å². The Hall–Kier alpha value is -2.53. The zero-order chi connectivity index (χ0) is 16.9. The molecule has 6 heteroatoms. The molecule has 1 unspecified atom stereocenters. The van der Waals surface area contributed by atoms with Crippen LogP contribution in [0, 0.1) is 0 Å². The molecule has 2 aromatic rings. The zero-order valence-electron chi connectivity index (χ0n) is 13.9. The van der Waals surface area contributed by atoms with Crippen LogP contribution in [0.3, 0.4) is 0 Å². The Morgan fingerprint density at radius 3 is 2.52 bits per heavy atom. The van der Waals surface area contributed by atoms with Crippen molar-refractivity contribution in [1.82, 2.24) is 5.32 Å². The second kappa shape index (κ2) is 8.53. The Morgan fingerprint density at radius 1 is 1.12 bits per heavy atom. The predicted octanol–water partition coefficient (Wildman–Crippen LogP) is 2.54. The Balaban J connectivity index is 0.00000225. The normalized spacial score (nSPS) is 16.4. The second-order valence-corrected chi connectivity index (χ2v) is 5.93. The molecule has 1 saturated heterocycles. The first-order valence-electron chi connectivity index (χ1n) is 8.14. The van der Waals surface area contributed by atoms with Crippen LogP contribution < -0.4 is 16.0 Å². The standard InChI is InChI=1S/C19H21N3O2.ClH/c20-16-9-5-4-6-14(16)10-11-18(23)21-17-12-13-22(19(17)24)15-7-2-1-3-8-15;/h1-9,17H,10-13,20H2,(H,21,23);1H. The molecule has 5 nitrogen and oxygen atoms in total. The number of carbonyl (C=O) groups excluding carboxylic acids is 2. The van der Waals surface area contributed by atoms with Crippen LogP contribution in [0.25, 0.3) is 0 Å². The van der Waals surface area contributed by atoms with Crippen molar-refractivity contribution in [1.29, 1.82) is 0 Å². The van der Waals surface area contributed by atoms with E-state index < -0.39 is 6.04 Å². The van der Waals surface area contributed by atoms with Gasteiger partial charge in [-0.15, -0.1) is 12.4 Å². The molecule has 0 aliphatic carbocycles. The maximum Gasteiger partial charge on any atom is 0.249 e. The fourth-order valence-electron chi connectivity index (χ4n) is 2.95. The zero-order valence-corrected chi connectivity index (χ0v) is 14.7. The van der Waals surface area contributed by atoms with Crippen LogP contribution in [0.4, 0.5) is 11.4 Å². The number of amides is 2. The number of benzene rings is 2. The highest BCUT2D eigenvalue weighted by atomic mass is 35.5. The quantitative estimate of drug-likeness (QED) is 0.805. The van der Waals surface area contributed by atoms with E-state index in [0.29, 0.717) is 31.5 Å². The van der Waals surface area contributed by atoms with Crippen molar-refractivity contribution in [2.75, 3.05) is 17.2 Å². The number of hydrogen-bond acceptors (Lipinski definition) is 3. The molecule has 2 aromatic carbocycles. The third kappa shape index (κ3) is 4.51. The molecular formula is C19H22ClN3O2. The predicted molar refractivity (Wildman–Crippen MR) is 102 cm³/mol. The van der Waals surface area contributed by atoms with Gasteiger partial charge in [-0.05, 0) is 36.6 Å². The highest BCUT2D eigenvalue weighted by Gasteiger charge is 2.33. The summed E-state index contributed by atoms with van der Waals surface area (Å²) in [6.45, 7) is 0.624. The number of nitrogens with zero attached hydrogens (tertiary/aromatic N) is 1. The number of nitrogen functional groups attached to an aromatic ring is 1. The van der Waals surface area contributed by atoms with Gasteiger partial charge in [0.05, 0.1) is 0 Å². The summed E-state index contributed by atoms with van der Waals surface area (Å²) < 4.78 is 0. The summed E-state index contributed by atoms with van der Waals surface area (Å²) in [6, 6.07) is 16.6. The van der Waals surface area contributed by atoms with Crippen LogP contribution in [-0.4, -0.2) is 24.4 Å². The van der Waals surface area contributed by atoms with Crippen molar-refractivity contribution < 1.29 is 9.59 Å². The number of hydrogen-bond donors (Lipinski definition) is 2. The summed E-state index contributed by atoms with van der Waals surface area (Å²) in [7, 11) is 0. The van der Waals surface area contributed by atoms with Crippen LogP contribution >= 0.6 is 12.4 Å². The highest BCUT2D eigenvalue weighted by molar-refractivity contribution is 6.01. The minimum Gasteiger partial charge on any atom is -0.399 e. The average Bonchev–Trinajstić information content (AvgIpc) is 2.96. The summed E-state index contributed by atoms with van der Waals surface area (Å²) in [5, 5.41) is 2.85. The molecule has 1 aliphatic heterocycles. The van der Waals surface area contributed by atoms with E-state index in [1.807, 2.05) is 54.6 Å². The Morgan fingerprint density at radius 2 is 1.80 bits per heavy atom. The van der Waals surface area contributed by atoms with Gasteiger partial charge in [-0.2, -0.15) is 0 Å². The van der Waals surface area contributed by atoms with Gasteiger partial charge in [0.2, 0.25) is 11.8 Å². The van der Waals surface area contributed by atoms with E-state index in [2.05, 4.69) is 5.32 Å². The molecule has 132 valence electrons. The number of nitrogens with two attached hydrogens (primary N) is 1. The van der Waals surface area contributed by atoms with Crippen molar-refractivity contribution in [2.24, 2.45) is 0 Å². The van der Waals surface area contributed by atoms with Crippen molar-refractivity contribution in [3.63, 3.8) is 0 Å². The lowest BCUT2D eigenvalue weighted by Crippen LogP contribution is -2.41. The summed E-state index contributed by atoms with van der Waals surface area (Å²) in [5.41, 5.74) is 8.40. The smallest absolute Gasteiger partial charge is 0.249 e. The lowest BCUT2D eigenvalue weighted by Gasteiger charge is -2.17. The maximum atomic E-state index is 12.5. The van der Waals surface area contributed by atoms with E-state index >= 15 is 0 Å². The maximum absolute atomic E-state index is 12.5. The summed E-state index contributed by atoms with van der Waals surface area (Å²) >= 11 is 0. The largest absolute Gasteiger partial charge is 0.399 e. The van der Waals surface area contributed by atoms with Crippen LogP contribution in [0.1, 0.15) is 18.4 Å². The number of anilines is 2. The van der Waals surface area contributed by atoms with Gasteiger partial charge in [0.25, 0.3) is 0 Å². The average molecular weight is 360 g/mol. The van der Waals surface area contributed by atoms with Crippen LogP contribution in [0.15, 0.2) is 54.6 Å². The molecular weight excluding hydrogens is 338 g/mol. The van der Waals surface area contributed by atoms with E-state index in [1.165, 1.54) is 0 Å². The lowest BCUT2D eigenvalue weighted by atomic mass is 10.1.